The highest BCUT2D eigenvalue weighted by atomic mass is 19.1. The molecule has 0 spiro atoms. The summed E-state index contributed by atoms with van der Waals surface area (Å²) in [4.78, 5) is 4.80. The van der Waals surface area contributed by atoms with Gasteiger partial charge < -0.3 is 19.6 Å². The molecule has 2 heterocycles. The van der Waals surface area contributed by atoms with Crippen molar-refractivity contribution in [3.05, 3.63) is 47.1 Å². The van der Waals surface area contributed by atoms with E-state index in [9.17, 15) is 4.39 Å². The Morgan fingerprint density at radius 2 is 2.00 bits per heavy atom. The third kappa shape index (κ3) is 4.38. The van der Waals surface area contributed by atoms with E-state index in [4.69, 9.17) is 4.52 Å². The van der Waals surface area contributed by atoms with Gasteiger partial charge in [-0.25, -0.2) is 4.39 Å². The van der Waals surface area contributed by atoms with Crippen molar-refractivity contribution >= 4 is 5.69 Å². The molecule has 1 aliphatic rings. The summed E-state index contributed by atoms with van der Waals surface area (Å²) in [5.74, 6) is 0.599. The van der Waals surface area contributed by atoms with Crippen molar-refractivity contribution in [2.45, 2.75) is 33.4 Å². The van der Waals surface area contributed by atoms with Crippen molar-refractivity contribution in [1.29, 1.82) is 0 Å². The lowest BCUT2D eigenvalue weighted by molar-refractivity contribution is 0.271. The van der Waals surface area contributed by atoms with Gasteiger partial charge in [-0.2, -0.15) is 0 Å². The van der Waals surface area contributed by atoms with Crippen molar-refractivity contribution < 1.29 is 8.91 Å². The number of rotatable bonds is 6. The SMILES string of the molecule is CCN1CCN(c2ccc(F)cc2C(C)NCc2cc(C)on2)CC1. The lowest BCUT2D eigenvalue weighted by Gasteiger charge is -2.37. The first-order valence-electron chi connectivity index (χ1n) is 8.99. The number of aromatic nitrogens is 1. The summed E-state index contributed by atoms with van der Waals surface area (Å²) in [6.45, 7) is 11.9. The highest BCUT2D eigenvalue weighted by molar-refractivity contribution is 5.55. The summed E-state index contributed by atoms with van der Waals surface area (Å²) in [6, 6.07) is 7.04. The number of nitrogens with one attached hydrogen (secondary N) is 1. The van der Waals surface area contributed by atoms with Crippen molar-refractivity contribution in [1.82, 2.24) is 15.4 Å². The van der Waals surface area contributed by atoms with Gasteiger partial charge in [0.2, 0.25) is 0 Å². The number of benzene rings is 1. The molecule has 1 saturated heterocycles. The van der Waals surface area contributed by atoms with Gasteiger partial charge in [-0.3, -0.25) is 0 Å². The zero-order valence-electron chi connectivity index (χ0n) is 15.3. The molecule has 2 aromatic rings. The van der Waals surface area contributed by atoms with Crippen molar-refractivity contribution in [3.63, 3.8) is 0 Å². The number of hydrogen-bond donors (Lipinski definition) is 1. The largest absolute Gasteiger partial charge is 0.369 e. The maximum absolute atomic E-state index is 13.9. The van der Waals surface area contributed by atoms with Crippen LogP contribution in [-0.4, -0.2) is 42.8 Å². The van der Waals surface area contributed by atoms with Crippen LogP contribution in [0.1, 0.15) is 36.9 Å². The minimum Gasteiger partial charge on any atom is -0.369 e. The lowest BCUT2D eigenvalue weighted by atomic mass is 10.0. The highest BCUT2D eigenvalue weighted by Gasteiger charge is 2.21. The van der Waals surface area contributed by atoms with Gasteiger partial charge >= 0.3 is 0 Å². The molecule has 25 heavy (non-hydrogen) atoms. The van der Waals surface area contributed by atoms with Gasteiger partial charge in [0.1, 0.15) is 11.6 Å². The topological polar surface area (TPSA) is 44.5 Å². The molecule has 3 rings (SSSR count). The van der Waals surface area contributed by atoms with Crippen molar-refractivity contribution in [2.75, 3.05) is 37.6 Å². The summed E-state index contributed by atoms with van der Waals surface area (Å²) >= 11 is 0. The second-order valence-corrected chi connectivity index (χ2v) is 6.66. The van der Waals surface area contributed by atoms with Gasteiger partial charge in [0.05, 0.1) is 5.69 Å². The molecule has 1 fully saturated rings. The molecule has 6 heteroatoms. The lowest BCUT2D eigenvalue weighted by Crippen LogP contribution is -2.46. The first kappa shape index (κ1) is 17.9. The van der Waals surface area contributed by atoms with Crippen LogP contribution in [-0.2, 0) is 6.54 Å². The number of hydrogen-bond acceptors (Lipinski definition) is 5. The van der Waals surface area contributed by atoms with Crippen LogP contribution in [0.25, 0.3) is 0 Å². The van der Waals surface area contributed by atoms with E-state index in [1.807, 2.05) is 19.1 Å². The van der Waals surface area contributed by atoms with Gasteiger partial charge in [0.25, 0.3) is 0 Å². The van der Waals surface area contributed by atoms with E-state index < -0.39 is 0 Å². The van der Waals surface area contributed by atoms with Gasteiger partial charge in [0, 0.05) is 50.5 Å². The molecule has 0 amide bonds. The second kappa shape index (κ2) is 7.97. The quantitative estimate of drug-likeness (QED) is 0.871. The monoisotopic (exact) mass is 346 g/mol. The number of likely N-dealkylation sites (N-methyl/N-ethyl adjacent to an activating group) is 1. The van der Waals surface area contributed by atoms with Crippen LogP contribution in [0, 0.1) is 12.7 Å². The Kier molecular flexibility index (Phi) is 5.71. The minimum atomic E-state index is -0.197. The first-order valence-corrected chi connectivity index (χ1v) is 8.99. The molecule has 5 nitrogen and oxygen atoms in total. The molecule has 1 aliphatic heterocycles. The van der Waals surface area contributed by atoms with Gasteiger partial charge in [0.15, 0.2) is 0 Å². The van der Waals surface area contributed by atoms with E-state index in [0.29, 0.717) is 6.54 Å². The Balaban J connectivity index is 1.72. The van der Waals surface area contributed by atoms with Gasteiger partial charge in [-0.1, -0.05) is 12.1 Å². The van der Waals surface area contributed by atoms with Crippen LogP contribution in [0.2, 0.25) is 0 Å². The van der Waals surface area contributed by atoms with Crippen LogP contribution < -0.4 is 10.2 Å². The predicted octanol–water partition coefficient (Wildman–Crippen LogP) is 3.11. The second-order valence-electron chi connectivity index (χ2n) is 6.66. The summed E-state index contributed by atoms with van der Waals surface area (Å²) in [5.41, 5.74) is 2.97. The molecule has 0 aliphatic carbocycles. The van der Waals surface area contributed by atoms with Crippen LogP contribution in [0.4, 0.5) is 10.1 Å². The van der Waals surface area contributed by atoms with Crippen LogP contribution >= 0.6 is 0 Å². The van der Waals surface area contributed by atoms with Crippen LogP contribution in [0.3, 0.4) is 0 Å². The van der Waals surface area contributed by atoms with Gasteiger partial charge in [-0.05, 0) is 44.2 Å². The third-order valence-electron chi connectivity index (χ3n) is 4.88. The summed E-state index contributed by atoms with van der Waals surface area (Å²) in [6.07, 6.45) is 0. The molecule has 0 bridgehead atoms. The minimum absolute atomic E-state index is 0.0203. The molecule has 1 unspecified atom stereocenters. The maximum Gasteiger partial charge on any atom is 0.133 e. The molecule has 1 N–H and O–H groups in total. The Morgan fingerprint density at radius 1 is 1.24 bits per heavy atom. The number of aryl methyl sites for hydroxylation is 1. The Morgan fingerprint density at radius 3 is 2.64 bits per heavy atom. The number of piperazine rings is 1. The first-order chi connectivity index (χ1) is 12.1. The molecule has 0 saturated carbocycles. The third-order valence-corrected chi connectivity index (χ3v) is 4.88. The molecule has 1 atom stereocenters. The normalized spacial score (nSPS) is 17.0. The molecule has 0 radical (unpaired) electrons. The Bertz CT molecular complexity index is 694. The van der Waals surface area contributed by atoms with E-state index >= 15 is 0 Å². The average molecular weight is 346 g/mol. The predicted molar refractivity (Wildman–Crippen MR) is 97.2 cm³/mol. The maximum atomic E-state index is 13.9. The summed E-state index contributed by atoms with van der Waals surface area (Å²) in [7, 11) is 0. The van der Waals surface area contributed by atoms with Crippen molar-refractivity contribution in [3.8, 4) is 0 Å². The van der Waals surface area contributed by atoms with Crippen LogP contribution in [0.15, 0.2) is 28.8 Å². The summed E-state index contributed by atoms with van der Waals surface area (Å²) in [5, 5.41) is 7.43. The van der Waals surface area contributed by atoms with Gasteiger partial charge in [-0.15, -0.1) is 0 Å². The zero-order chi connectivity index (χ0) is 17.8. The molecule has 136 valence electrons. The van der Waals surface area contributed by atoms with E-state index in [1.54, 1.807) is 12.1 Å². The number of anilines is 1. The van der Waals surface area contributed by atoms with Crippen molar-refractivity contribution in [2.24, 2.45) is 0 Å². The Hall–Kier alpha value is -1.92. The molecular formula is C19H27FN4O. The number of halogens is 1. The Labute approximate surface area is 148 Å². The smallest absolute Gasteiger partial charge is 0.133 e. The van der Waals surface area contributed by atoms with E-state index in [-0.39, 0.29) is 11.9 Å². The average Bonchev–Trinajstić information content (AvgIpc) is 3.05. The number of nitrogens with zero attached hydrogens (tertiary/aromatic N) is 3. The fourth-order valence-electron chi connectivity index (χ4n) is 3.33. The fourth-order valence-corrected chi connectivity index (χ4v) is 3.33. The fraction of sp³-hybridized carbons (Fsp3) is 0.526. The van der Waals surface area contributed by atoms with E-state index in [0.717, 1.165) is 55.4 Å². The van der Waals surface area contributed by atoms with E-state index in [2.05, 4.69) is 34.1 Å². The molecule has 1 aromatic heterocycles. The zero-order valence-corrected chi connectivity index (χ0v) is 15.3. The molecular weight excluding hydrogens is 319 g/mol. The van der Waals surface area contributed by atoms with E-state index in [1.165, 1.54) is 0 Å². The molecule has 1 aromatic carbocycles. The standard InChI is InChI=1S/C19H27FN4O/c1-4-23-7-9-24(10-8-23)19-6-5-16(20)12-18(19)15(3)21-13-17-11-14(2)25-22-17/h5-6,11-12,15,21H,4,7-10,13H2,1-3H3. The van der Waals surface area contributed by atoms with Crippen LogP contribution in [0.5, 0.6) is 0 Å². The highest BCUT2D eigenvalue weighted by Crippen LogP contribution is 2.28. The summed E-state index contributed by atoms with van der Waals surface area (Å²) < 4.78 is 19.0.